The normalized spacial score (nSPS) is 21.8. The van der Waals surface area contributed by atoms with Gasteiger partial charge in [-0.25, -0.2) is 4.79 Å². The van der Waals surface area contributed by atoms with Gasteiger partial charge in [0.05, 0.1) is 18.4 Å². The molecule has 6 heteroatoms. The third-order valence-corrected chi connectivity index (χ3v) is 4.93. The number of carbonyl (C=O) groups is 1. The predicted octanol–water partition coefficient (Wildman–Crippen LogP) is 2.72. The van der Waals surface area contributed by atoms with Crippen LogP contribution < -0.4 is 4.90 Å². The van der Waals surface area contributed by atoms with Crippen LogP contribution in [0.2, 0.25) is 0 Å². The lowest BCUT2D eigenvalue weighted by Gasteiger charge is -2.47. The SMILES string of the molecule is COC(=O)c1ccc(N2C[C@@H](C)N(C(C)C)[C@@H](C)C2)c2nccnc12. The van der Waals surface area contributed by atoms with Crippen molar-refractivity contribution in [2.75, 3.05) is 25.1 Å². The lowest BCUT2D eigenvalue weighted by molar-refractivity contribution is 0.0602. The van der Waals surface area contributed by atoms with Gasteiger partial charge in [0.25, 0.3) is 0 Å². The predicted molar refractivity (Wildman–Crippen MR) is 99.0 cm³/mol. The molecule has 0 bridgehead atoms. The Balaban J connectivity index is 2.02. The van der Waals surface area contributed by atoms with E-state index in [9.17, 15) is 4.79 Å². The summed E-state index contributed by atoms with van der Waals surface area (Å²) in [5.41, 5.74) is 2.83. The topological polar surface area (TPSA) is 58.6 Å². The molecule has 0 saturated carbocycles. The van der Waals surface area contributed by atoms with E-state index >= 15 is 0 Å². The molecule has 25 heavy (non-hydrogen) atoms. The standard InChI is InChI=1S/C19H26N4O2/c1-12(2)23-13(3)10-22(11-14(23)4)16-7-6-15(19(24)25-5)17-18(16)21-9-8-20-17/h6-9,12-14H,10-11H2,1-5H3/t13-,14+. The molecule has 0 N–H and O–H groups in total. The molecule has 1 aliphatic rings. The molecular weight excluding hydrogens is 316 g/mol. The van der Waals surface area contributed by atoms with E-state index in [4.69, 9.17) is 4.74 Å². The van der Waals surface area contributed by atoms with Gasteiger partial charge < -0.3 is 9.64 Å². The van der Waals surface area contributed by atoms with Crippen LogP contribution in [0, 0.1) is 0 Å². The van der Waals surface area contributed by atoms with E-state index in [1.807, 2.05) is 6.07 Å². The number of aromatic nitrogens is 2. The summed E-state index contributed by atoms with van der Waals surface area (Å²) in [4.78, 5) is 25.8. The number of fused-ring (bicyclic) bond motifs is 1. The van der Waals surface area contributed by atoms with Gasteiger partial charge >= 0.3 is 5.97 Å². The van der Waals surface area contributed by atoms with Crippen LogP contribution in [0.25, 0.3) is 11.0 Å². The average molecular weight is 342 g/mol. The number of methoxy groups -OCH3 is 1. The van der Waals surface area contributed by atoms with Crippen molar-refractivity contribution in [3.05, 3.63) is 30.1 Å². The number of benzene rings is 1. The van der Waals surface area contributed by atoms with Crippen LogP contribution in [0.4, 0.5) is 5.69 Å². The van der Waals surface area contributed by atoms with E-state index in [0.29, 0.717) is 29.2 Å². The Morgan fingerprint density at radius 2 is 1.72 bits per heavy atom. The van der Waals surface area contributed by atoms with Gasteiger partial charge in [-0.3, -0.25) is 14.9 Å². The van der Waals surface area contributed by atoms with Crippen LogP contribution >= 0.6 is 0 Å². The Morgan fingerprint density at radius 3 is 2.28 bits per heavy atom. The molecule has 2 aromatic rings. The molecule has 0 unspecified atom stereocenters. The molecule has 2 atom stereocenters. The van der Waals surface area contributed by atoms with E-state index in [-0.39, 0.29) is 5.97 Å². The van der Waals surface area contributed by atoms with Crippen molar-refractivity contribution >= 4 is 22.7 Å². The summed E-state index contributed by atoms with van der Waals surface area (Å²) in [7, 11) is 1.38. The number of hydrogen-bond donors (Lipinski definition) is 0. The maximum Gasteiger partial charge on any atom is 0.340 e. The summed E-state index contributed by atoms with van der Waals surface area (Å²) < 4.78 is 4.88. The van der Waals surface area contributed by atoms with E-state index < -0.39 is 0 Å². The second kappa shape index (κ2) is 6.96. The third kappa shape index (κ3) is 3.18. The van der Waals surface area contributed by atoms with Crippen molar-refractivity contribution in [2.24, 2.45) is 0 Å². The number of piperazine rings is 1. The van der Waals surface area contributed by atoms with Crippen LogP contribution in [0.5, 0.6) is 0 Å². The highest BCUT2D eigenvalue weighted by Gasteiger charge is 2.32. The largest absolute Gasteiger partial charge is 0.465 e. The molecule has 0 amide bonds. The summed E-state index contributed by atoms with van der Waals surface area (Å²) in [5.74, 6) is -0.386. The first-order valence-electron chi connectivity index (χ1n) is 8.78. The quantitative estimate of drug-likeness (QED) is 0.800. The fourth-order valence-corrected chi connectivity index (χ4v) is 4.12. The van der Waals surface area contributed by atoms with Gasteiger partial charge in [0.2, 0.25) is 0 Å². The van der Waals surface area contributed by atoms with Crippen molar-refractivity contribution in [3.63, 3.8) is 0 Å². The van der Waals surface area contributed by atoms with Crippen LogP contribution in [0.15, 0.2) is 24.5 Å². The second-order valence-electron chi connectivity index (χ2n) is 7.02. The summed E-state index contributed by atoms with van der Waals surface area (Å²) in [5, 5.41) is 0. The highest BCUT2D eigenvalue weighted by Crippen LogP contribution is 2.30. The van der Waals surface area contributed by atoms with Crippen molar-refractivity contribution < 1.29 is 9.53 Å². The number of esters is 1. The van der Waals surface area contributed by atoms with Crippen LogP contribution in [-0.4, -0.2) is 59.2 Å². The van der Waals surface area contributed by atoms with E-state index in [2.05, 4.69) is 47.5 Å². The minimum Gasteiger partial charge on any atom is -0.465 e. The lowest BCUT2D eigenvalue weighted by Crippen LogP contribution is -2.59. The van der Waals surface area contributed by atoms with Crippen LogP contribution in [-0.2, 0) is 4.74 Å². The number of anilines is 1. The van der Waals surface area contributed by atoms with Crippen molar-refractivity contribution in [2.45, 2.75) is 45.8 Å². The third-order valence-electron chi connectivity index (χ3n) is 4.93. The number of nitrogens with zero attached hydrogens (tertiary/aromatic N) is 4. The Labute approximate surface area is 148 Å². The fourth-order valence-electron chi connectivity index (χ4n) is 4.12. The molecule has 1 aromatic heterocycles. The van der Waals surface area contributed by atoms with Crippen molar-refractivity contribution in [3.8, 4) is 0 Å². The maximum absolute atomic E-state index is 12.0. The Hall–Kier alpha value is -2.21. The number of hydrogen-bond acceptors (Lipinski definition) is 6. The second-order valence-corrected chi connectivity index (χ2v) is 7.02. The Kier molecular flexibility index (Phi) is 4.90. The smallest absolute Gasteiger partial charge is 0.340 e. The first-order chi connectivity index (χ1) is 11.9. The monoisotopic (exact) mass is 342 g/mol. The molecule has 1 saturated heterocycles. The van der Waals surface area contributed by atoms with Gasteiger partial charge in [-0.05, 0) is 39.8 Å². The van der Waals surface area contributed by atoms with Crippen molar-refractivity contribution in [1.82, 2.24) is 14.9 Å². The number of carbonyl (C=O) groups excluding carboxylic acids is 1. The Morgan fingerprint density at radius 1 is 1.12 bits per heavy atom. The zero-order chi connectivity index (χ0) is 18.1. The van der Waals surface area contributed by atoms with E-state index in [1.165, 1.54) is 7.11 Å². The summed E-state index contributed by atoms with van der Waals surface area (Å²) in [6, 6.07) is 5.16. The fraction of sp³-hybridized carbons (Fsp3) is 0.526. The highest BCUT2D eigenvalue weighted by atomic mass is 16.5. The minimum absolute atomic E-state index is 0.386. The van der Waals surface area contributed by atoms with E-state index in [1.54, 1.807) is 18.5 Å². The average Bonchev–Trinajstić information content (AvgIpc) is 2.59. The van der Waals surface area contributed by atoms with Gasteiger partial charge in [0.1, 0.15) is 11.0 Å². The molecule has 6 nitrogen and oxygen atoms in total. The van der Waals surface area contributed by atoms with Gasteiger partial charge in [0.15, 0.2) is 0 Å². The summed E-state index contributed by atoms with van der Waals surface area (Å²) >= 11 is 0. The molecule has 3 rings (SSSR count). The zero-order valence-corrected chi connectivity index (χ0v) is 15.6. The molecule has 0 spiro atoms. The molecule has 1 fully saturated rings. The molecule has 2 heterocycles. The minimum atomic E-state index is -0.386. The first-order valence-corrected chi connectivity index (χ1v) is 8.78. The molecular formula is C19H26N4O2. The van der Waals surface area contributed by atoms with Gasteiger partial charge in [-0.2, -0.15) is 0 Å². The molecule has 1 aromatic carbocycles. The molecule has 1 aliphatic heterocycles. The number of ether oxygens (including phenoxy) is 1. The number of rotatable bonds is 3. The molecule has 0 radical (unpaired) electrons. The van der Waals surface area contributed by atoms with E-state index in [0.717, 1.165) is 24.3 Å². The molecule has 0 aliphatic carbocycles. The Bertz CT molecular complexity index is 765. The van der Waals surface area contributed by atoms with Gasteiger partial charge in [-0.15, -0.1) is 0 Å². The first kappa shape index (κ1) is 17.6. The highest BCUT2D eigenvalue weighted by molar-refractivity contribution is 6.05. The van der Waals surface area contributed by atoms with Crippen LogP contribution in [0.1, 0.15) is 38.1 Å². The zero-order valence-electron chi connectivity index (χ0n) is 15.6. The molecule has 134 valence electrons. The van der Waals surface area contributed by atoms with Crippen molar-refractivity contribution in [1.29, 1.82) is 0 Å². The lowest BCUT2D eigenvalue weighted by atomic mass is 10.0. The van der Waals surface area contributed by atoms with Crippen LogP contribution in [0.3, 0.4) is 0 Å². The van der Waals surface area contributed by atoms with Gasteiger partial charge in [-0.1, -0.05) is 0 Å². The summed E-state index contributed by atoms with van der Waals surface area (Å²) in [6.07, 6.45) is 3.28. The van der Waals surface area contributed by atoms with Gasteiger partial charge in [0, 0.05) is 43.6 Å². The maximum atomic E-state index is 12.0. The summed E-state index contributed by atoms with van der Waals surface area (Å²) in [6.45, 7) is 10.9.